The summed E-state index contributed by atoms with van der Waals surface area (Å²) < 4.78 is 21.5. The normalized spacial score (nSPS) is 11.3. The molecule has 2 aromatic carbocycles. The molecule has 0 spiro atoms. The predicted octanol–water partition coefficient (Wildman–Crippen LogP) is 5.29. The summed E-state index contributed by atoms with van der Waals surface area (Å²) in [7, 11) is 0. The van der Waals surface area contributed by atoms with E-state index in [9.17, 15) is 4.39 Å². The summed E-state index contributed by atoms with van der Waals surface area (Å²) in [6.07, 6.45) is 2.41. The zero-order chi connectivity index (χ0) is 18.5. The van der Waals surface area contributed by atoms with E-state index < -0.39 is 0 Å². The van der Waals surface area contributed by atoms with E-state index in [1.165, 1.54) is 12.4 Å². The Labute approximate surface area is 157 Å². The molecule has 6 heteroatoms. The van der Waals surface area contributed by atoms with Crippen LogP contribution in [0.2, 0.25) is 5.02 Å². The lowest BCUT2D eigenvalue weighted by atomic mass is 10.1. The summed E-state index contributed by atoms with van der Waals surface area (Å²) in [4.78, 5) is 4.22. The summed E-state index contributed by atoms with van der Waals surface area (Å²) >= 11 is 6.30. The van der Waals surface area contributed by atoms with Crippen LogP contribution in [0, 0.1) is 11.7 Å². The molecule has 0 aliphatic heterocycles. The van der Waals surface area contributed by atoms with Crippen LogP contribution >= 0.6 is 11.6 Å². The Morgan fingerprint density at radius 1 is 1.19 bits per heavy atom. The van der Waals surface area contributed by atoms with Crippen molar-refractivity contribution in [2.45, 2.75) is 26.9 Å². The molecule has 4 nitrogen and oxygen atoms in total. The summed E-state index contributed by atoms with van der Waals surface area (Å²) in [6.45, 7) is 5.42. The first-order valence-corrected chi connectivity index (χ1v) is 8.95. The quantitative estimate of drug-likeness (QED) is 0.528. The molecule has 3 rings (SSSR count). The zero-order valence-corrected chi connectivity index (χ0v) is 15.6. The maximum absolute atomic E-state index is 14.1. The lowest BCUT2D eigenvalue weighted by Crippen LogP contribution is -2.03. The predicted molar refractivity (Wildman–Crippen MR) is 101 cm³/mol. The number of nitrogens with zero attached hydrogens (tertiary/aromatic N) is 3. The van der Waals surface area contributed by atoms with E-state index in [1.807, 2.05) is 12.1 Å². The lowest BCUT2D eigenvalue weighted by Gasteiger charge is -2.11. The van der Waals surface area contributed by atoms with Crippen LogP contribution < -0.4 is 0 Å². The molecule has 0 N–H and O–H groups in total. The van der Waals surface area contributed by atoms with Crippen molar-refractivity contribution in [1.82, 2.24) is 14.8 Å². The SMILES string of the molecule is CC(C)CCOCc1cc(-n2ncnc2-c2ccccc2F)ccc1Cl. The van der Waals surface area contributed by atoms with Crippen molar-refractivity contribution in [2.24, 2.45) is 5.92 Å². The van der Waals surface area contributed by atoms with Crippen molar-refractivity contribution in [3.63, 3.8) is 0 Å². The first-order chi connectivity index (χ1) is 12.6. The first kappa shape index (κ1) is 18.5. The molecule has 0 saturated heterocycles. The summed E-state index contributed by atoms with van der Waals surface area (Å²) in [6, 6.07) is 12.0. The van der Waals surface area contributed by atoms with Crippen LogP contribution in [0.3, 0.4) is 0 Å². The molecule has 0 radical (unpaired) electrons. The second kappa shape index (κ2) is 8.43. The van der Waals surface area contributed by atoms with Crippen LogP contribution in [0.4, 0.5) is 4.39 Å². The number of ether oxygens (including phenoxy) is 1. The summed E-state index contributed by atoms with van der Waals surface area (Å²) in [5.41, 5.74) is 2.02. The fourth-order valence-corrected chi connectivity index (χ4v) is 2.73. The number of hydrogen-bond acceptors (Lipinski definition) is 3. The van der Waals surface area contributed by atoms with E-state index >= 15 is 0 Å². The first-order valence-electron chi connectivity index (χ1n) is 8.57. The van der Waals surface area contributed by atoms with Gasteiger partial charge in [0.05, 0.1) is 17.9 Å². The van der Waals surface area contributed by atoms with Gasteiger partial charge >= 0.3 is 0 Å². The fourth-order valence-electron chi connectivity index (χ4n) is 2.56. The summed E-state index contributed by atoms with van der Waals surface area (Å²) in [5.74, 6) is 0.695. The maximum Gasteiger partial charge on any atom is 0.166 e. The van der Waals surface area contributed by atoms with E-state index in [0.717, 1.165) is 17.7 Å². The van der Waals surface area contributed by atoms with Crippen molar-refractivity contribution in [1.29, 1.82) is 0 Å². The molecule has 0 aliphatic carbocycles. The smallest absolute Gasteiger partial charge is 0.166 e. The van der Waals surface area contributed by atoms with Gasteiger partial charge in [-0.2, -0.15) is 5.10 Å². The Morgan fingerprint density at radius 3 is 2.77 bits per heavy atom. The second-order valence-electron chi connectivity index (χ2n) is 6.49. The Balaban J connectivity index is 1.86. The number of rotatable bonds is 7. The van der Waals surface area contributed by atoms with Crippen molar-refractivity contribution in [3.8, 4) is 17.1 Å². The molecule has 0 bridgehead atoms. The molecular weight excluding hydrogens is 353 g/mol. The van der Waals surface area contributed by atoms with Crippen molar-refractivity contribution in [2.75, 3.05) is 6.61 Å². The third kappa shape index (κ3) is 4.29. The third-order valence-electron chi connectivity index (χ3n) is 4.03. The Kier molecular flexibility index (Phi) is 6.01. The highest BCUT2D eigenvalue weighted by Gasteiger charge is 2.14. The van der Waals surface area contributed by atoms with Gasteiger partial charge in [-0.15, -0.1) is 0 Å². The standard InChI is InChI=1S/C20H21ClFN3O/c1-14(2)9-10-26-12-15-11-16(7-8-18(15)21)25-20(23-13-24-25)17-5-3-4-6-19(17)22/h3-8,11,13-14H,9-10,12H2,1-2H3. The highest BCUT2D eigenvalue weighted by atomic mass is 35.5. The minimum absolute atomic E-state index is 0.340. The van der Waals surface area contributed by atoms with Crippen molar-refractivity contribution >= 4 is 11.6 Å². The molecule has 26 heavy (non-hydrogen) atoms. The molecule has 0 unspecified atom stereocenters. The van der Waals surface area contributed by atoms with Gasteiger partial charge in [-0.3, -0.25) is 0 Å². The van der Waals surface area contributed by atoms with Crippen molar-refractivity contribution in [3.05, 3.63) is 65.2 Å². The Bertz CT molecular complexity index is 879. The van der Waals surface area contributed by atoms with E-state index in [4.69, 9.17) is 16.3 Å². The minimum atomic E-state index is -0.340. The highest BCUT2D eigenvalue weighted by Crippen LogP contribution is 2.26. The van der Waals surface area contributed by atoms with E-state index in [1.54, 1.807) is 28.9 Å². The monoisotopic (exact) mass is 373 g/mol. The van der Waals surface area contributed by atoms with Crippen LogP contribution in [0.25, 0.3) is 17.1 Å². The number of hydrogen-bond donors (Lipinski definition) is 0. The van der Waals surface area contributed by atoms with Crippen LogP contribution in [-0.4, -0.2) is 21.4 Å². The van der Waals surface area contributed by atoms with E-state index in [2.05, 4.69) is 23.9 Å². The summed E-state index contributed by atoms with van der Waals surface area (Å²) in [5, 5.41) is 4.88. The van der Waals surface area contributed by atoms with E-state index in [0.29, 0.717) is 35.5 Å². The molecule has 0 saturated carbocycles. The Hall–Kier alpha value is -2.24. The average Bonchev–Trinajstić information content (AvgIpc) is 3.10. The zero-order valence-electron chi connectivity index (χ0n) is 14.8. The molecule has 0 aliphatic rings. The van der Waals surface area contributed by atoms with Crippen LogP contribution in [-0.2, 0) is 11.3 Å². The average molecular weight is 374 g/mol. The van der Waals surface area contributed by atoms with E-state index in [-0.39, 0.29) is 5.82 Å². The number of aromatic nitrogens is 3. The van der Waals surface area contributed by atoms with Crippen LogP contribution in [0.15, 0.2) is 48.8 Å². The minimum Gasteiger partial charge on any atom is -0.377 e. The largest absolute Gasteiger partial charge is 0.377 e. The van der Waals surface area contributed by atoms with Gasteiger partial charge in [0.15, 0.2) is 5.82 Å². The third-order valence-corrected chi connectivity index (χ3v) is 4.40. The van der Waals surface area contributed by atoms with Crippen LogP contribution in [0.1, 0.15) is 25.8 Å². The molecular formula is C20H21ClFN3O. The number of benzene rings is 2. The molecule has 0 fully saturated rings. The van der Waals surface area contributed by atoms with Gasteiger partial charge in [0.2, 0.25) is 0 Å². The van der Waals surface area contributed by atoms with Gasteiger partial charge < -0.3 is 4.74 Å². The molecule has 1 aromatic heterocycles. The van der Waals surface area contributed by atoms with Gasteiger partial charge in [0.1, 0.15) is 12.1 Å². The Morgan fingerprint density at radius 2 is 2.00 bits per heavy atom. The highest BCUT2D eigenvalue weighted by molar-refractivity contribution is 6.31. The van der Waals surface area contributed by atoms with Gasteiger partial charge in [-0.1, -0.05) is 37.6 Å². The molecule has 1 heterocycles. The molecule has 3 aromatic rings. The van der Waals surface area contributed by atoms with Crippen molar-refractivity contribution < 1.29 is 9.13 Å². The molecule has 0 atom stereocenters. The fraction of sp³-hybridized carbons (Fsp3) is 0.300. The second-order valence-corrected chi connectivity index (χ2v) is 6.89. The number of halogens is 2. The molecule has 0 amide bonds. The van der Waals surface area contributed by atoms with Gasteiger partial charge in [0.25, 0.3) is 0 Å². The molecule has 136 valence electrons. The topological polar surface area (TPSA) is 39.9 Å². The lowest BCUT2D eigenvalue weighted by molar-refractivity contribution is 0.111. The van der Waals surface area contributed by atoms with Crippen LogP contribution in [0.5, 0.6) is 0 Å². The van der Waals surface area contributed by atoms with Gasteiger partial charge in [0, 0.05) is 11.6 Å². The van der Waals surface area contributed by atoms with Gasteiger partial charge in [-0.05, 0) is 48.2 Å². The maximum atomic E-state index is 14.1. The van der Waals surface area contributed by atoms with Gasteiger partial charge in [-0.25, -0.2) is 14.1 Å².